The first-order valence-corrected chi connectivity index (χ1v) is 9.11. The van der Waals surface area contributed by atoms with Crippen LogP contribution in [0.2, 0.25) is 0 Å². The zero-order chi connectivity index (χ0) is 17.4. The summed E-state index contributed by atoms with van der Waals surface area (Å²) in [6.45, 7) is 6.08. The first-order chi connectivity index (χ1) is 12.2. The summed E-state index contributed by atoms with van der Waals surface area (Å²) < 4.78 is 7.44. The monoisotopic (exact) mass is 340 g/mol. The van der Waals surface area contributed by atoms with Gasteiger partial charge in [-0.3, -0.25) is 4.79 Å². The Morgan fingerprint density at radius 3 is 2.68 bits per heavy atom. The van der Waals surface area contributed by atoms with E-state index in [0.29, 0.717) is 25.5 Å². The standard InChI is InChI=1S/C19H24N4O2/c1-3-25-16-8-4-14(5-9-16)12-17(24)22-10-11-23-19(13(22)2)20-18(21-23)15-6-7-15/h4-5,8-9,13,15H,3,6-7,10-12H2,1-2H3/t13-/m1/s1. The molecule has 6 nitrogen and oxygen atoms in total. The molecule has 0 unspecified atom stereocenters. The minimum absolute atomic E-state index is 0.0241. The van der Waals surface area contributed by atoms with Crippen molar-refractivity contribution in [3.05, 3.63) is 41.5 Å². The van der Waals surface area contributed by atoms with E-state index < -0.39 is 0 Å². The van der Waals surface area contributed by atoms with Gasteiger partial charge >= 0.3 is 0 Å². The van der Waals surface area contributed by atoms with Gasteiger partial charge in [0.05, 0.1) is 25.6 Å². The lowest BCUT2D eigenvalue weighted by molar-refractivity contribution is -0.133. The van der Waals surface area contributed by atoms with Crippen LogP contribution in [-0.2, 0) is 17.8 Å². The van der Waals surface area contributed by atoms with Crippen LogP contribution < -0.4 is 4.74 Å². The summed E-state index contributed by atoms with van der Waals surface area (Å²) in [5.41, 5.74) is 1.01. The van der Waals surface area contributed by atoms with Gasteiger partial charge in [0, 0.05) is 12.5 Å². The van der Waals surface area contributed by atoms with Crippen molar-refractivity contribution in [2.24, 2.45) is 0 Å². The van der Waals surface area contributed by atoms with Crippen LogP contribution in [0, 0.1) is 0 Å². The van der Waals surface area contributed by atoms with Gasteiger partial charge in [0.1, 0.15) is 11.6 Å². The Morgan fingerprint density at radius 1 is 1.24 bits per heavy atom. The molecular weight excluding hydrogens is 316 g/mol. The molecule has 1 amide bonds. The summed E-state index contributed by atoms with van der Waals surface area (Å²) in [6, 6.07) is 7.74. The van der Waals surface area contributed by atoms with Gasteiger partial charge in [0.2, 0.25) is 5.91 Å². The molecule has 1 atom stereocenters. The second-order valence-corrected chi connectivity index (χ2v) is 6.84. The molecule has 2 aromatic rings. The molecule has 25 heavy (non-hydrogen) atoms. The number of rotatable bonds is 5. The van der Waals surface area contributed by atoms with Crippen LogP contribution in [0.15, 0.2) is 24.3 Å². The fourth-order valence-electron chi connectivity index (χ4n) is 3.38. The van der Waals surface area contributed by atoms with E-state index in [9.17, 15) is 4.79 Å². The average molecular weight is 340 g/mol. The topological polar surface area (TPSA) is 60.2 Å². The van der Waals surface area contributed by atoms with Crippen molar-refractivity contribution in [2.75, 3.05) is 13.2 Å². The molecular formula is C19H24N4O2. The number of amides is 1. The number of hydrogen-bond donors (Lipinski definition) is 0. The highest BCUT2D eigenvalue weighted by atomic mass is 16.5. The molecule has 0 saturated heterocycles. The van der Waals surface area contributed by atoms with Crippen molar-refractivity contribution < 1.29 is 9.53 Å². The molecule has 4 rings (SSSR count). The summed E-state index contributed by atoms with van der Waals surface area (Å²) in [5, 5.41) is 4.62. The zero-order valence-corrected chi connectivity index (χ0v) is 14.8. The molecule has 1 aromatic carbocycles. The fraction of sp³-hybridized carbons (Fsp3) is 0.526. The smallest absolute Gasteiger partial charge is 0.227 e. The van der Waals surface area contributed by atoms with Crippen LogP contribution >= 0.6 is 0 Å². The van der Waals surface area contributed by atoms with Gasteiger partial charge in [0.15, 0.2) is 5.82 Å². The van der Waals surface area contributed by atoms with Crippen LogP contribution in [0.3, 0.4) is 0 Å². The molecule has 2 heterocycles. The Hall–Kier alpha value is -2.37. The molecule has 1 saturated carbocycles. The summed E-state index contributed by atoms with van der Waals surface area (Å²) in [6.07, 6.45) is 2.79. The number of nitrogens with zero attached hydrogens (tertiary/aromatic N) is 4. The Balaban J connectivity index is 1.44. The number of carbonyl (C=O) groups is 1. The molecule has 0 radical (unpaired) electrons. The lowest BCUT2D eigenvalue weighted by Gasteiger charge is -2.33. The van der Waals surface area contributed by atoms with Crippen molar-refractivity contribution in [1.29, 1.82) is 0 Å². The molecule has 0 bridgehead atoms. The zero-order valence-electron chi connectivity index (χ0n) is 14.8. The number of fused-ring (bicyclic) bond motifs is 1. The van der Waals surface area contributed by atoms with E-state index in [1.54, 1.807) is 0 Å². The maximum atomic E-state index is 12.8. The largest absolute Gasteiger partial charge is 0.494 e. The molecule has 6 heteroatoms. The van der Waals surface area contributed by atoms with Crippen LogP contribution in [0.5, 0.6) is 5.75 Å². The van der Waals surface area contributed by atoms with E-state index in [4.69, 9.17) is 9.72 Å². The highest BCUT2D eigenvalue weighted by Gasteiger charge is 2.34. The van der Waals surface area contributed by atoms with E-state index in [1.165, 1.54) is 12.8 Å². The van der Waals surface area contributed by atoms with Crippen LogP contribution in [-0.4, -0.2) is 38.7 Å². The third-order valence-corrected chi connectivity index (χ3v) is 4.96. The Kier molecular flexibility index (Phi) is 4.19. The van der Waals surface area contributed by atoms with Gasteiger partial charge in [-0.2, -0.15) is 5.10 Å². The molecule has 1 fully saturated rings. The molecule has 1 aromatic heterocycles. The molecule has 132 valence electrons. The molecule has 1 aliphatic carbocycles. The SMILES string of the molecule is CCOc1ccc(CC(=O)N2CCn3nc(C4CC4)nc3[C@H]2C)cc1. The highest BCUT2D eigenvalue weighted by molar-refractivity contribution is 5.79. The normalized spacial score (nSPS) is 19.6. The number of aromatic nitrogens is 3. The maximum Gasteiger partial charge on any atom is 0.227 e. The highest BCUT2D eigenvalue weighted by Crippen LogP contribution is 2.39. The van der Waals surface area contributed by atoms with Crippen LogP contribution in [0.25, 0.3) is 0 Å². The minimum Gasteiger partial charge on any atom is -0.494 e. The van der Waals surface area contributed by atoms with Crippen molar-refractivity contribution in [3.8, 4) is 5.75 Å². The summed E-state index contributed by atoms with van der Waals surface area (Å²) in [5.74, 6) is 3.40. The molecule has 1 aliphatic heterocycles. The van der Waals surface area contributed by atoms with E-state index in [2.05, 4.69) is 5.10 Å². The molecule has 0 N–H and O–H groups in total. The summed E-state index contributed by atoms with van der Waals surface area (Å²) >= 11 is 0. The van der Waals surface area contributed by atoms with Gasteiger partial charge in [-0.1, -0.05) is 12.1 Å². The van der Waals surface area contributed by atoms with Crippen LogP contribution in [0.4, 0.5) is 0 Å². The average Bonchev–Trinajstić information content (AvgIpc) is 3.36. The minimum atomic E-state index is -0.0241. The van der Waals surface area contributed by atoms with E-state index in [1.807, 2.05) is 47.7 Å². The maximum absolute atomic E-state index is 12.8. The second-order valence-electron chi connectivity index (χ2n) is 6.84. The lowest BCUT2D eigenvalue weighted by Crippen LogP contribution is -2.42. The summed E-state index contributed by atoms with van der Waals surface area (Å²) in [4.78, 5) is 19.4. The first kappa shape index (κ1) is 16.1. The number of ether oxygens (including phenoxy) is 1. The fourth-order valence-corrected chi connectivity index (χ4v) is 3.38. The number of carbonyl (C=O) groups excluding carboxylic acids is 1. The van der Waals surface area contributed by atoms with Gasteiger partial charge in [-0.05, 0) is 44.4 Å². The van der Waals surface area contributed by atoms with E-state index in [0.717, 1.165) is 29.5 Å². The van der Waals surface area contributed by atoms with Gasteiger partial charge < -0.3 is 9.64 Å². The molecule has 2 aliphatic rings. The van der Waals surface area contributed by atoms with Crippen LogP contribution in [0.1, 0.15) is 55.9 Å². The first-order valence-electron chi connectivity index (χ1n) is 9.11. The third-order valence-electron chi connectivity index (χ3n) is 4.96. The predicted molar refractivity (Wildman–Crippen MR) is 93.4 cm³/mol. The van der Waals surface area contributed by atoms with Gasteiger partial charge in [0.25, 0.3) is 0 Å². The van der Waals surface area contributed by atoms with Crippen molar-refractivity contribution in [1.82, 2.24) is 19.7 Å². The second kappa shape index (κ2) is 6.50. The van der Waals surface area contributed by atoms with Crippen molar-refractivity contribution >= 4 is 5.91 Å². The molecule has 0 spiro atoms. The Labute approximate surface area is 147 Å². The lowest BCUT2D eigenvalue weighted by atomic mass is 10.1. The Bertz CT molecular complexity index is 764. The third kappa shape index (κ3) is 3.25. The van der Waals surface area contributed by atoms with Crippen molar-refractivity contribution in [3.63, 3.8) is 0 Å². The van der Waals surface area contributed by atoms with E-state index in [-0.39, 0.29) is 11.9 Å². The van der Waals surface area contributed by atoms with E-state index >= 15 is 0 Å². The quantitative estimate of drug-likeness (QED) is 0.840. The number of benzene rings is 1. The van der Waals surface area contributed by atoms with Gasteiger partial charge in [-0.15, -0.1) is 0 Å². The number of hydrogen-bond acceptors (Lipinski definition) is 4. The van der Waals surface area contributed by atoms with Gasteiger partial charge in [-0.25, -0.2) is 9.67 Å². The van der Waals surface area contributed by atoms with Crippen molar-refractivity contribution in [2.45, 2.75) is 51.6 Å². The summed E-state index contributed by atoms with van der Waals surface area (Å²) in [7, 11) is 0. The predicted octanol–water partition coefficient (Wildman–Crippen LogP) is 2.70. The Morgan fingerprint density at radius 2 is 2.00 bits per heavy atom.